The molecule has 1 N–H and O–H groups in total. The average molecular weight is 602 g/mol. The molecule has 2 amide bonds. The second-order valence-electron chi connectivity index (χ2n) is 10.6. The number of benzene rings is 2. The average Bonchev–Trinajstić information content (AvgIpc) is 2.98. The molecule has 5 rings (SSSR count). The van der Waals surface area contributed by atoms with Crippen molar-refractivity contribution < 1.29 is 23.9 Å². The van der Waals surface area contributed by atoms with Gasteiger partial charge in [0.1, 0.15) is 22.7 Å². The Labute approximate surface area is 253 Å². The number of carbonyl (C=O) groups is 3. The van der Waals surface area contributed by atoms with Gasteiger partial charge in [-0.1, -0.05) is 72.4 Å². The number of carbonyl (C=O) groups excluding carboxylic acids is 3. The van der Waals surface area contributed by atoms with Gasteiger partial charge in [0.15, 0.2) is 6.10 Å². The molecule has 1 saturated heterocycles. The fourth-order valence-electron chi connectivity index (χ4n) is 4.55. The molecule has 8 nitrogen and oxygen atoms in total. The number of hydrogen-bond acceptors (Lipinski definition) is 8. The lowest BCUT2D eigenvalue weighted by molar-refractivity contribution is -0.153. The van der Waals surface area contributed by atoms with Crippen LogP contribution < -0.4 is 5.32 Å². The zero-order valence-corrected chi connectivity index (χ0v) is 25.1. The van der Waals surface area contributed by atoms with Crippen molar-refractivity contribution in [3.63, 3.8) is 0 Å². The maximum Gasteiger partial charge on any atom is 0.408 e. The lowest BCUT2D eigenvalue weighted by Crippen LogP contribution is -2.70. The summed E-state index contributed by atoms with van der Waals surface area (Å²) in [7, 11) is 0. The molecule has 10 heteroatoms. The third-order valence-corrected chi connectivity index (χ3v) is 8.53. The number of pyridine rings is 1. The molecule has 1 fully saturated rings. The van der Waals surface area contributed by atoms with Crippen molar-refractivity contribution in [2.75, 3.05) is 5.75 Å². The number of aromatic nitrogens is 1. The number of esters is 1. The molecule has 0 bridgehead atoms. The largest absolute Gasteiger partial charge is 0.448 e. The van der Waals surface area contributed by atoms with Crippen molar-refractivity contribution in [2.24, 2.45) is 0 Å². The summed E-state index contributed by atoms with van der Waals surface area (Å²) in [5, 5.41) is 4.09. The van der Waals surface area contributed by atoms with Crippen LogP contribution in [-0.4, -0.2) is 50.6 Å². The number of allylic oxidation sites excluding steroid dienone is 1. The number of thioether (sulfide) groups is 2. The molecule has 2 atom stereocenters. The fourth-order valence-corrected chi connectivity index (χ4v) is 6.54. The van der Waals surface area contributed by atoms with Gasteiger partial charge in [-0.05, 0) is 61.1 Å². The van der Waals surface area contributed by atoms with E-state index in [1.165, 1.54) is 28.4 Å². The first kappa shape index (κ1) is 29.5. The van der Waals surface area contributed by atoms with Crippen LogP contribution in [0.3, 0.4) is 0 Å². The summed E-state index contributed by atoms with van der Waals surface area (Å²) < 4.78 is 11.5. The number of nitrogens with one attached hydrogen (secondary N) is 1. The van der Waals surface area contributed by atoms with Crippen molar-refractivity contribution in [2.45, 2.75) is 48.8 Å². The number of rotatable bonds is 8. The summed E-state index contributed by atoms with van der Waals surface area (Å²) in [5.41, 5.74) is 1.74. The van der Waals surface area contributed by atoms with E-state index < -0.39 is 41.1 Å². The molecule has 42 heavy (non-hydrogen) atoms. The van der Waals surface area contributed by atoms with Crippen LogP contribution in [0.25, 0.3) is 0 Å². The predicted octanol–water partition coefficient (Wildman–Crippen LogP) is 6.08. The number of fused-ring (bicyclic) bond motifs is 1. The highest BCUT2D eigenvalue weighted by Crippen LogP contribution is 2.42. The molecule has 2 aromatic carbocycles. The standard InChI is InChI=1S/C32H31N3O5S2/c1-32(2,3)40-31(38)34-25-28(36)35-26(23(20-42-29(25)35)16-19-41-24-14-17-33-18-15-24)30(37)39-27(21-10-6-4-7-11-21)22-12-8-5-9-13-22/h4-19,25,27,29H,20H2,1-3H3,(H,34,38)/b19-16+/t25-,29-/m1/s1. The second-order valence-corrected chi connectivity index (χ2v) is 12.7. The van der Waals surface area contributed by atoms with E-state index in [1.807, 2.05) is 84.3 Å². The normalized spacial score (nSPS) is 18.5. The van der Waals surface area contributed by atoms with E-state index in [2.05, 4.69) is 10.3 Å². The Morgan fingerprint density at radius 1 is 1.02 bits per heavy atom. The fraction of sp³-hybridized carbons (Fsp3) is 0.250. The highest BCUT2D eigenvalue weighted by molar-refractivity contribution is 8.02. The number of amides is 2. The van der Waals surface area contributed by atoms with Gasteiger partial charge in [-0.2, -0.15) is 0 Å². The van der Waals surface area contributed by atoms with Gasteiger partial charge in [-0.25, -0.2) is 9.59 Å². The van der Waals surface area contributed by atoms with Gasteiger partial charge in [-0.15, -0.1) is 11.8 Å². The van der Waals surface area contributed by atoms with Crippen LogP contribution in [0.15, 0.2) is 113 Å². The third-order valence-electron chi connectivity index (χ3n) is 6.42. The minimum atomic E-state index is -0.816. The molecule has 0 unspecified atom stereocenters. The molecule has 3 aromatic rings. The van der Waals surface area contributed by atoms with E-state index in [0.29, 0.717) is 11.3 Å². The van der Waals surface area contributed by atoms with Crippen LogP contribution in [0.5, 0.6) is 0 Å². The van der Waals surface area contributed by atoms with Gasteiger partial charge in [0, 0.05) is 23.0 Å². The molecule has 0 saturated carbocycles. The van der Waals surface area contributed by atoms with E-state index in [-0.39, 0.29) is 5.70 Å². The Morgan fingerprint density at radius 3 is 2.24 bits per heavy atom. The Hall–Kier alpha value is -4.02. The predicted molar refractivity (Wildman–Crippen MR) is 163 cm³/mol. The van der Waals surface area contributed by atoms with Gasteiger partial charge < -0.3 is 14.8 Å². The zero-order chi connectivity index (χ0) is 29.7. The van der Waals surface area contributed by atoms with Gasteiger partial charge >= 0.3 is 12.1 Å². The first-order valence-electron chi connectivity index (χ1n) is 13.4. The Kier molecular flexibility index (Phi) is 9.03. The first-order chi connectivity index (χ1) is 20.2. The Morgan fingerprint density at radius 2 is 1.64 bits per heavy atom. The summed E-state index contributed by atoms with van der Waals surface area (Å²) in [4.78, 5) is 46.4. The van der Waals surface area contributed by atoms with E-state index in [4.69, 9.17) is 9.47 Å². The van der Waals surface area contributed by atoms with E-state index >= 15 is 0 Å². The molecule has 0 spiro atoms. The van der Waals surface area contributed by atoms with Crippen molar-refractivity contribution in [3.8, 4) is 0 Å². The van der Waals surface area contributed by atoms with E-state index in [1.54, 1.807) is 33.2 Å². The zero-order valence-electron chi connectivity index (χ0n) is 23.4. The summed E-state index contributed by atoms with van der Waals surface area (Å²) >= 11 is 2.95. The minimum absolute atomic E-state index is 0.175. The van der Waals surface area contributed by atoms with E-state index in [9.17, 15) is 14.4 Å². The Bertz CT molecular complexity index is 1450. The highest BCUT2D eigenvalue weighted by Gasteiger charge is 2.54. The lowest BCUT2D eigenvalue weighted by Gasteiger charge is -2.49. The van der Waals surface area contributed by atoms with Crippen molar-refractivity contribution in [3.05, 3.63) is 119 Å². The van der Waals surface area contributed by atoms with Gasteiger partial charge in [0.05, 0.1) is 0 Å². The lowest BCUT2D eigenvalue weighted by atomic mass is 10.0. The number of ether oxygens (including phenoxy) is 2. The molecular weight excluding hydrogens is 571 g/mol. The molecular formula is C32H31N3O5S2. The number of hydrogen-bond donors (Lipinski definition) is 1. The maximum atomic E-state index is 14.0. The minimum Gasteiger partial charge on any atom is -0.448 e. The molecule has 0 radical (unpaired) electrons. The smallest absolute Gasteiger partial charge is 0.408 e. The topological polar surface area (TPSA) is 97.8 Å². The molecule has 2 aliphatic heterocycles. The SMILES string of the molecule is CC(C)(C)OC(=O)N[C@@H]1C(=O)N2C(C(=O)OC(c3ccccc3)c3ccccc3)=C(/C=C/Sc3ccncc3)CS[C@H]12. The van der Waals surface area contributed by atoms with Crippen LogP contribution in [0.1, 0.15) is 38.0 Å². The second kappa shape index (κ2) is 12.9. The van der Waals surface area contributed by atoms with Crippen LogP contribution in [0.4, 0.5) is 4.79 Å². The number of nitrogens with zero attached hydrogens (tertiary/aromatic N) is 2. The van der Waals surface area contributed by atoms with Crippen LogP contribution in [-0.2, 0) is 19.1 Å². The van der Waals surface area contributed by atoms with Crippen LogP contribution >= 0.6 is 23.5 Å². The Balaban J connectivity index is 1.44. The van der Waals surface area contributed by atoms with Crippen LogP contribution in [0.2, 0.25) is 0 Å². The highest BCUT2D eigenvalue weighted by atomic mass is 32.2. The maximum absolute atomic E-state index is 14.0. The quantitative estimate of drug-likeness (QED) is 0.188. The number of β-lactam (4-membered cyclic amide) rings is 1. The monoisotopic (exact) mass is 601 g/mol. The number of alkyl carbamates (subject to hydrolysis) is 1. The van der Waals surface area contributed by atoms with Gasteiger partial charge in [0.25, 0.3) is 5.91 Å². The van der Waals surface area contributed by atoms with Gasteiger partial charge in [0.2, 0.25) is 0 Å². The summed E-state index contributed by atoms with van der Waals surface area (Å²) in [6.07, 6.45) is 3.91. The molecule has 2 aliphatic rings. The summed E-state index contributed by atoms with van der Waals surface area (Å²) in [5.74, 6) is -0.565. The van der Waals surface area contributed by atoms with Crippen molar-refractivity contribution in [1.29, 1.82) is 0 Å². The molecule has 1 aromatic heterocycles. The van der Waals surface area contributed by atoms with Crippen LogP contribution in [0, 0.1) is 0 Å². The summed E-state index contributed by atoms with van der Waals surface area (Å²) in [6.45, 7) is 5.27. The van der Waals surface area contributed by atoms with Crippen molar-refractivity contribution >= 4 is 41.5 Å². The molecule has 3 heterocycles. The summed E-state index contributed by atoms with van der Waals surface area (Å²) in [6, 6.07) is 21.9. The van der Waals surface area contributed by atoms with Gasteiger partial charge in [-0.3, -0.25) is 14.7 Å². The molecule has 216 valence electrons. The molecule has 0 aliphatic carbocycles. The van der Waals surface area contributed by atoms with E-state index in [0.717, 1.165) is 16.0 Å². The third kappa shape index (κ3) is 6.88. The van der Waals surface area contributed by atoms with Crippen molar-refractivity contribution in [1.82, 2.24) is 15.2 Å². The first-order valence-corrected chi connectivity index (χ1v) is 15.4.